The standard InChI is InChI=1S/C14H12BrN3O2/c15-11-1-2-13-16-6-12(18(13)8-11)7-17-14(19)5-10-3-4-20-9-10/h1-4,6,8-9H,5,7H2,(H,17,19). The van der Waals surface area contributed by atoms with Crippen molar-refractivity contribution in [3.05, 3.63) is 58.8 Å². The van der Waals surface area contributed by atoms with Gasteiger partial charge in [-0.05, 0) is 39.7 Å². The zero-order chi connectivity index (χ0) is 13.9. The predicted molar refractivity (Wildman–Crippen MR) is 77.2 cm³/mol. The number of rotatable bonds is 4. The Bertz CT molecular complexity index is 734. The third-order valence-corrected chi connectivity index (χ3v) is 3.43. The molecule has 20 heavy (non-hydrogen) atoms. The van der Waals surface area contributed by atoms with E-state index >= 15 is 0 Å². The second-order valence-electron chi connectivity index (χ2n) is 4.41. The summed E-state index contributed by atoms with van der Waals surface area (Å²) in [6, 6.07) is 5.63. The van der Waals surface area contributed by atoms with E-state index in [0.717, 1.165) is 21.4 Å². The molecule has 0 atom stereocenters. The maximum Gasteiger partial charge on any atom is 0.224 e. The molecule has 0 aromatic carbocycles. The van der Waals surface area contributed by atoms with Crippen molar-refractivity contribution in [1.29, 1.82) is 0 Å². The van der Waals surface area contributed by atoms with Crippen molar-refractivity contribution < 1.29 is 9.21 Å². The Morgan fingerprint density at radius 3 is 3.10 bits per heavy atom. The third kappa shape index (κ3) is 2.75. The van der Waals surface area contributed by atoms with Gasteiger partial charge < -0.3 is 14.1 Å². The number of aromatic nitrogens is 2. The SMILES string of the molecule is O=C(Cc1ccoc1)NCc1cnc2ccc(Br)cn12. The van der Waals surface area contributed by atoms with Gasteiger partial charge in [0.2, 0.25) is 5.91 Å². The molecule has 3 heterocycles. The summed E-state index contributed by atoms with van der Waals surface area (Å²) in [5.74, 6) is -0.0450. The minimum atomic E-state index is -0.0450. The Morgan fingerprint density at radius 2 is 2.30 bits per heavy atom. The fourth-order valence-corrected chi connectivity index (χ4v) is 2.30. The van der Waals surface area contributed by atoms with Crippen LogP contribution in [0.4, 0.5) is 0 Å². The number of furan rings is 1. The van der Waals surface area contributed by atoms with E-state index in [2.05, 4.69) is 26.2 Å². The zero-order valence-corrected chi connectivity index (χ0v) is 12.1. The molecule has 3 rings (SSSR count). The second-order valence-corrected chi connectivity index (χ2v) is 5.33. The van der Waals surface area contributed by atoms with Crippen LogP contribution in [0.3, 0.4) is 0 Å². The number of carbonyl (C=O) groups is 1. The van der Waals surface area contributed by atoms with E-state index in [0.29, 0.717) is 13.0 Å². The van der Waals surface area contributed by atoms with Gasteiger partial charge in [0.05, 0.1) is 37.4 Å². The van der Waals surface area contributed by atoms with Gasteiger partial charge in [0.1, 0.15) is 5.65 Å². The lowest BCUT2D eigenvalue weighted by atomic mass is 10.2. The van der Waals surface area contributed by atoms with Gasteiger partial charge in [0.25, 0.3) is 0 Å². The number of fused-ring (bicyclic) bond motifs is 1. The number of imidazole rings is 1. The molecule has 1 N–H and O–H groups in total. The molecule has 0 bridgehead atoms. The highest BCUT2D eigenvalue weighted by atomic mass is 79.9. The molecule has 5 nitrogen and oxygen atoms in total. The first-order chi connectivity index (χ1) is 9.72. The molecule has 102 valence electrons. The number of hydrogen-bond donors (Lipinski definition) is 1. The van der Waals surface area contributed by atoms with E-state index in [1.54, 1.807) is 24.8 Å². The Hall–Kier alpha value is -2.08. The van der Waals surface area contributed by atoms with Gasteiger partial charge in [-0.2, -0.15) is 0 Å². The predicted octanol–water partition coefficient (Wildman–Crippen LogP) is 2.55. The number of amides is 1. The highest BCUT2D eigenvalue weighted by Crippen LogP contribution is 2.13. The fourth-order valence-electron chi connectivity index (χ4n) is 1.97. The molecule has 0 aliphatic carbocycles. The summed E-state index contributed by atoms with van der Waals surface area (Å²) in [5.41, 5.74) is 2.65. The van der Waals surface area contributed by atoms with Crippen LogP contribution >= 0.6 is 15.9 Å². The van der Waals surface area contributed by atoms with Crippen LogP contribution in [-0.4, -0.2) is 15.3 Å². The van der Waals surface area contributed by atoms with Crippen LogP contribution in [0, 0.1) is 0 Å². The number of pyridine rings is 1. The smallest absolute Gasteiger partial charge is 0.224 e. The molecular formula is C14H12BrN3O2. The van der Waals surface area contributed by atoms with Crippen LogP contribution in [0.25, 0.3) is 5.65 Å². The molecule has 0 aliphatic rings. The summed E-state index contributed by atoms with van der Waals surface area (Å²) >= 11 is 3.42. The summed E-state index contributed by atoms with van der Waals surface area (Å²) in [6.45, 7) is 0.439. The first-order valence-electron chi connectivity index (χ1n) is 6.11. The quantitative estimate of drug-likeness (QED) is 0.798. The lowest BCUT2D eigenvalue weighted by Gasteiger charge is -2.05. The largest absolute Gasteiger partial charge is 0.472 e. The Balaban J connectivity index is 1.67. The van der Waals surface area contributed by atoms with Crippen LogP contribution < -0.4 is 5.32 Å². The molecule has 0 aliphatic heterocycles. The average Bonchev–Trinajstić information content (AvgIpc) is 3.05. The summed E-state index contributed by atoms with van der Waals surface area (Å²) in [7, 11) is 0. The lowest BCUT2D eigenvalue weighted by molar-refractivity contribution is -0.120. The number of nitrogens with one attached hydrogen (secondary N) is 1. The minimum Gasteiger partial charge on any atom is -0.472 e. The molecule has 0 saturated carbocycles. The van der Waals surface area contributed by atoms with E-state index in [1.165, 1.54) is 0 Å². The zero-order valence-electron chi connectivity index (χ0n) is 10.5. The molecular weight excluding hydrogens is 322 g/mol. The Morgan fingerprint density at radius 1 is 1.40 bits per heavy atom. The van der Waals surface area contributed by atoms with Crippen LogP contribution in [0.5, 0.6) is 0 Å². The van der Waals surface area contributed by atoms with Gasteiger partial charge in [0.15, 0.2) is 0 Å². The summed E-state index contributed by atoms with van der Waals surface area (Å²) in [5, 5.41) is 2.88. The van der Waals surface area contributed by atoms with E-state index < -0.39 is 0 Å². The molecule has 1 amide bonds. The van der Waals surface area contributed by atoms with Crippen LogP contribution in [-0.2, 0) is 17.8 Å². The van der Waals surface area contributed by atoms with Crippen molar-refractivity contribution in [3.63, 3.8) is 0 Å². The molecule has 0 spiro atoms. The molecule has 0 radical (unpaired) electrons. The maximum absolute atomic E-state index is 11.8. The summed E-state index contributed by atoms with van der Waals surface area (Å²) < 4.78 is 7.85. The normalized spacial score (nSPS) is 10.8. The van der Waals surface area contributed by atoms with E-state index in [-0.39, 0.29) is 5.91 Å². The van der Waals surface area contributed by atoms with E-state index in [1.807, 2.05) is 22.7 Å². The number of halogens is 1. The van der Waals surface area contributed by atoms with Crippen molar-refractivity contribution >= 4 is 27.5 Å². The van der Waals surface area contributed by atoms with E-state index in [9.17, 15) is 4.79 Å². The number of hydrogen-bond acceptors (Lipinski definition) is 3. The molecule has 3 aromatic rings. The molecule has 0 unspecified atom stereocenters. The van der Waals surface area contributed by atoms with Crippen molar-refractivity contribution in [2.75, 3.05) is 0 Å². The maximum atomic E-state index is 11.8. The molecule has 0 fully saturated rings. The van der Waals surface area contributed by atoms with Crippen LogP contribution in [0.2, 0.25) is 0 Å². The van der Waals surface area contributed by atoms with Crippen molar-refractivity contribution in [3.8, 4) is 0 Å². The fraction of sp³-hybridized carbons (Fsp3) is 0.143. The average molecular weight is 334 g/mol. The van der Waals surface area contributed by atoms with Gasteiger partial charge >= 0.3 is 0 Å². The van der Waals surface area contributed by atoms with Crippen LogP contribution in [0.1, 0.15) is 11.3 Å². The molecule has 0 saturated heterocycles. The first kappa shape index (κ1) is 12.9. The first-order valence-corrected chi connectivity index (χ1v) is 6.91. The van der Waals surface area contributed by atoms with Gasteiger partial charge in [-0.1, -0.05) is 0 Å². The van der Waals surface area contributed by atoms with Crippen molar-refractivity contribution in [2.45, 2.75) is 13.0 Å². The van der Waals surface area contributed by atoms with Crippen LogP contribution in [0.15, 0.2) is 52.0 Å². The minimum absolute atomic E-state index is 0.0450. The van der Waals surface area contributed by atoms with Gasteiger partial charge in [-0.25, -0.2) is 4.98 Å². The van der Waals surface area contributed by atoms with Gasteiger partial charge in [-0.15, -0.1) is 0 Å². The second kappa shape index (κ2) is 5.50. The number of nitrogens with zero attached hydrogens (tertiary/aromatic N) is 2. The monoisotopic (exact) mass is 333 g/mol. The van der Waals surface area contributed by atoms with Gasteiger partial charge in [0, 0.05) is 10.7 Å². The third-order valence-electron chi connectivity index (χ3n) is 2.96. The highest BCUT2D eigenvalue weighted by molar-refractivity contribution is 9.10. The van der Waals surface area contributed by atoms with Gasteiger partial charge in [-0.3, -0.25) is 4.79 Å². The topological polar surface area (TPSA) is 59.5 Å². The molecule has 6 heteroatoms. The van der Waals surface area contributed by atoms with E-state index in [4.69, 9.17) is 4.42 Å². The molecule has 3 aromatic heterocycles. The van der Waals surface area contributed by atoms with Crippen molar-refractivity contribution in [1.82, 2.24) is 14.7 Å². The Kier molecular flexibility index (Phi) is 3.56. The highest BCUT2D eigenvalue weighted by Gasteiger charge is 2.07. The lowest BCUT2D eigenvalue weighted by Crippen LogP contribution is -2.25. The Labute approximate surface area is 123 Å². The summed E-state index contributed by atoms with van der Waals surface area (Å²) in [6.07, 6.45) is 7.15. The summed E-state index contributed by atoms with van der Waals surface area (Å²) in [4.78, 5) is 16.1. The van der Waals surface area contributed by atoms with Crippen molar-refractivity contribution in [2.24, 2.45) is 0 Å². The number of carbonyl (C=O) groups excluding carboxylic acids is 1.